The molecule has 0 aromatic carbocycles. The molecule has 0 radical (unpaired) electrons. The zero-order valence-electron chi connectivity index (χ0n) is 15.3. The Balaban J connectivity index is 1.96. The fraction of sp³-hybridized carbons (Fsp3) is 0.500. The molecule has 0 fully saturated rings. The monoisotopic (exact) mass is 346 g/mol. The molecule has 2 aromatic heterocycles. The van der Waals surface area contributed by atoms with Gasteiger partial charge in [0.15, 0.2) is 0 Å². The smallest absolute Gasteiger partial charge is 0.251 e. The SMILES string of the molecule is Cc1nn(C)c(C)c1CCNC(=O)c1ccnc(SC(C)(C)C)c1. The van der Waals surface area contributed by atoms with Crippen molar-refractivity contribution in [3.63, 3.8) is 0 Å². The van der Waals surface area contributed by atoms with Crippen LogP contribution in [0.5, 0.6) is 0 Å². The van der Waals surface area contributed by atoms with Crippen molar-refractivity contribution >= 4 is 17.7 Å². The van der Waals surface area contributed by atoms with Crippen molar-refractivity contribution < 1.29 is 4.79 Å². The summed E-state index contributed by atoms with van der Waals surface area (Å²) in [7, 11) is 1.94. The first-order valence-electron chi connectivity index (χ1n) is 8.10. The third kappa shape index (κ3) is 4.84. The summed E-state index contributed by atoms with van der Waals surface area (Å²) in [6.07, 6.45) is 2.48. The van der Waals surface area contributed by atoms with Crippen LogP contribution < -0.4 is 5.32 Å². The van der Waals surface area contributed by atoms with Crippen molar-refractivity contribution in [2.45, 2.75) is 50.8 Å². The lowest BCUT2D eigenvalue weighted by molar-refractivity contribution is 0.0953. The van der Waals surface area contributed by atoms with Crippen molar-refractivity contribution in [2.75, 3.05) is 6.54 Å². The summed E-state index contributed by atoms with van der Waals surface area (Å²) >= 11 is 1.66. The summed E-state index contributed by atoms with van der Waals surface area (Å²) in [6, 6.07) is 3.61. The van der Waals surface area contributed by atoms with E-state index in [9.17, 15) is 4.79 Å². The Morgan fingerprint density at radius 2 is 2.04 bits per heavy atom. The third-order valence-corrected chi connectivity index (χ3v) is 4.77. The molecule has 0 saturated carbocycles. The van der Waals surface area contributed by atoms with E-state index in [2.05, 4.69) is 43.1 Å². The van der Waals surface area contributed by atoms with E-state index < -0.39 is 0 Å². The van der Waals surface area contributed by atoms with Gasteiger partial charge in [0, 0.05) is 35.8 Å². The Morgan fingerprint density at radius 3 is 2.62 bits per heavy atom. The van der Waals surface area contributed by atoms with E-state index in [1.807, 2.05) is 24.7 Å². The highest BCUT2D eigenvalue weighted by Gasteiger charge is 2.15. The maximum atomic E-state index is 12.4. The van der Waals surface area contributed by atoms with Crippen LogP contribution in [0.3, 0.4) is 0 Å². The predicted molar refractivity (Wildman–Crippen MR) is 98.6 cm³/mol. The molecule has 0 aliphatic carbocycles. The van der Waals surface area contributed by atoms with Gasteiger partial charge in [0.05, 0.1) is 10.7 Å². The van der Waals surface area contributed by atoms with Gasteiger partial charge in [0.25, 0.3) is 5.91 Å². The van der Waals surface area contributed by atoms with E-state index in [1.165, 1.54) is 5.56 Å². The highest BCUT2D eigenvalue weighted by molar-refractivity contribution is 8.00. The van der Waals surface area contributed by atoms with Gasteiger partial charge in [0.2, 0.25) is 0 Å². The number of amides is 1. The molecule has 130 valence electrons. The fourth-order valence-corrected chi connectivity index (χ4v) is 3.43. The van der Waals surface area contributed by atoms with Crippen LogP contribution in [0.1, 0.15) is 48.1 Å². The van der Waals surface area contributed by atoms with Crippen LogP contribution in [0.15, 0.2) is 23.4 Å². The first-order valence-corrected chi connectivity index (χ1v) is 8.91. The number of carbonyl (C=O) groups excluding carboxylic acids is 1. The fourth-order valence-electron chi connectivity index (χ4n) is 2.50. The van der Waals surface area contributed by atoms with Crippen LogP contribution in [0, 0.1) is 13.8 Å². The van der Waals surface area contributed by atoms with Crippen LogP contribution in [0.4, 0.5) is 0 Å². The second kappa shape index (κ2) is 7.38. The number of pyridine rings is 1. The van der Waals surface area contributed by atoms with E-state index in [-0.39, 0.29) is 10.7 Å². The van der Waals surface area contributed by atoms with E-state index in [4.69, 9.17) is 0 Å². The Morgan fingerprint density at radius 1 is 1.33 bits per heavy atom. The van der Waals surface area contributed by atoms with Crippen molar-refractivity contribution in [2.24, 2.45) is 7.05 Å². The average Bonchev–Trinajstić information content (AvgIpc) is 2.72. The van der Waals surface area contributed by atoms with Gasteiger partial charge in [0.1, 0.15) is 0 Å². The highest BCUT2D eigenvalue weighted by atomic mass is 32.2. The van der Waals surface area contributed by atoms with Gasteiger partial charge >= 0.3 is 0 Å². The molecule has 2 rings (SSSR count). The molecule has 2 heterocycles. The van der Waals surface area contributed by atoms with Crippen LogP contribution in [-0.2, 0) is 13.5 Å². The van der Waals surface area contributed by atoms with Crippen molar-refractivity contribution in [3.8, 4) is 0 Å². The number of hydrogen-bond acceptors (Lipinski definition) is 4. The molecule has 0 bridgehead atoms. The maximum absolute atomic E-state index is 12.4. The minimum absolute atomic E-state index is 0.0626. The molecule has 6 heteroatoms. The summed E-state index contributed by atoms with van der Waals surface area (Å²) in [5.74, 6) is -0.0626. The lowest BCUT2D eigenvalue weighted by Gasteiger charge is -2.16. The normalized spacial score (nSPS) is 11.6. The molecule has 0 aliphatic rings. The van der Waals surface area contributed by atoms with Gasteiger partial charge in [-0.3, -0.25) is 9.48 Å². The minimum Gasteiger partial charge on any atom is -0.352 e. The van der Waals surface area contributed by atoms with Gasteiger partial charge in [-0.25, -0.2) is 4.98 Å². The zero-order chi connectivity index (χ0) is 17.9. The number of nitrogens with zero attached hydrogens (tertiary/aromatic N) is 3. The molecular formula is C18H26N4OS. The van der Waals surface area contributed by atoms with Gasteiger partial charge in [-0.1, -0.05) is 20.8 Å². The molecule has 0 spiro atoms. The molecule has 1 N–H and O–H groups in total. The molecule has 1 amide bonds. The second-order valence-electron chi connectivity index (χ2n) is 6.88. The number of nitrogens with one attached hydrogen (secondary N) is 1. The number of hydrogen-bond donors (Lipinski definition) is 1. The van der Waals surface area contributed by atoms with E-state index in [0.29, 0.717) is 12.1 Å². The number of aromatic nitrogens is 3. The summed E-state index contributed by atoms with van der Waals surface area (Å²) in [5, 5.41) is 8.26. The Bertz CT molecular complexity index is 731. The minimum atomic E-state index is -0.0626. The highest BCUT2D eigenvalue weighted by Crippen LogP contribution is 2.30. The van der Waals surface area contributed by atoms with E-state index in [1.54, 1.807) is 24.0 Å². The molecule has 24 heavy (non-hydrogen) atoms. The van der Waals surface area contributed by atoms with Crippen LogP contribution in [-0.4, -0.2) is 32.0 Å². The quantitative estimate of drug-likeness (QED) is 0.844. The Hall–Kier alpha value is -1.82. The summed E-state index contributed by atoms with van der Waals surface area (Å²) in [5.41, 5.74) is 4.03. The first-order chi connectivity index (χ1) is 11.2. The largest absolute Gasteiger partial charge is 0.352 e. The summed E-state index contributed by atoms with van der Waals surface area (Å²) in [6.45, 7) is 11.0. The Kier molecular flexibility index (Phi) is 5.70. The van der Waals surface area contributed by atoms with Gasteiger partial charge in [-0.2, -0.15) is 5.10 Å². The molecule has 0 aliphatic heterocycles. The van der Waals surface area contributed by atoms with Crippen LogP contribution >= 0.6 is 11.8 Å². The van der Waals surface area contributed by atoms with Gasteiger partial charge < -0.3 is 5.32 Å². The molecule has 5 nitrogen and oxygen atoms in total. The third-order valence-electron chi connectivity index (χ3n) is 3.73. The molecule has 0 unspecified atom stereocenters. The van der Waals surface area contributed by atoms with Crippen molar-refractivity contribution in [1.82, 2.24) is 20.1 Å². The van der Waals surface area contributed by atoms with E-state index in [0.717, 1.165) is 22.8 Å². The second-order valence-corrected chi connectivity index (χ2v) is 8.72. The summed E-state index contributed by atoms with van der Waals surface area (Å²) in [4.78, 5) is 16.7. The number of thioether (sulfide) groups is 1. The average molecular weight is 347 g/mol. The van der Waals surface area contributed by atoms with Crippen molar-refractivity contribution in [1.29, 1.82) is 0 Å². The Labute approximate surface area is 148 Å². The lowest BCUT2D eigenvalue weighted by Crippen LogP contribution is -2.26. The van der Waals surface area contributed by atoms with E-state index >= 15 is 0 Å². The number of aryl methyl sites for hydroxylation is 2. The number of rotatable bonds is 5. The topological polar surface area (TPSA) is 59.8 Å². The van der Waals surface area contributed by atoms with Gasteiger partial charge in [-0.15, -0.1) is 11.8 Å². The van der Waals surface area contributed by atoms with Crippen LogP contribution in [0.2, 0.25) is 0 Å². The first kappa shape index (κ1) is 18.5. The zero-order valence-corrected chi connectivity index (χ0v) is 16.1. The van der Waals surface area contributed by atoms with Gasteiger partial charge in [-0.05, 0) is 38.0 Å². The lowest BCUT2D eigenvalue weighted by atomic mass is 10.1. The summed E-state index contributed by atoms with van der Waals surface area (Å²) < 4.78 is 1.95. The number of carbonyl (C=O) groups is 1. The molecule has 2 aromatic rings. The molecular weight excluding hydrogens is 320 g/mol. The standard InChI is InChI=1S/C18H26N4OS/c1-12-15(13(2)22(6)21-12)8-10-20-17(23)14-7-9-19-16(11-14)24-18(3,4)5/h7,9,11H,8,10H2,1-6H3,(H,20,23). The molecule has 0 saturated heterocycles. The van der Waals surface area contributed by atoms with Crippen LogP contribution in [0.25, 0.3) is 0 Å². The maximum Gasteiger partial charge on any atom is 0.251 e. The van der Waals surface area contributed by atoms with Crippen molar-refractivity contribution in [3.05, 3.63) is 40.8 Å². The molecule has 0 atom stereocenters. The predicted octanol–water partition coefficient (Wildman–Crippen LogP) is 3.30.